The van der Waals surface area contributed by atoms with Crippen molar-refractivity contribution in [3.63, 3.8) is 0 Å². The van der Waals surface area contributed by atoms with Crippen LogP contribution in [-0.4, -0.2) is 22.8 Å². The van der Waals surface area contributed by atoms with Crippen molar-refractivity contribution in [2.75, 3.05) is 7.05 Å². The van der Waals surface area contributed by atoms with E-state index in [0.29, 0.717) is 13.0 Å². The second-order valence-electron chi connectivity index (χ2n) is 6.20. The van der Waals surface area contributed by atoms with Crippen LogP contribution in [0.5, 0.6) is 0 Å². The smallest absolute Gasteiger partial charge is 0.223 e. The minimum Gasteiger partial charge on any atom is -0.339 e. The van der Waals surface area contributed by atoms with Gasteiger partial charge in [-0.15, -0.1) is 11.3 Å². The fraction of sp³-hybridized carbons (Fsp3) is 0.238. The van der Waals surface area contributed by atoms with E-state index >= 15 is 0 Å². The Bertz CT molecular complexity index is 815. The summed E-state index contributed by atoms with van der Waals surface area (Å²) in [5.74, 6) is 0.195. The van der Waals surface area contributed by atoms with Gasteiger partial charge < -0.3 is 4.90 Å². The van der Waals surface area contributed by atoms with Crippen LogP contribution in [0.4, 0.5) is 0 Å². The van der Waals surface area contributed by atoms with Gasteiger partial charge in [-0.05, 0) is 23.6 Å². The topological polar surface area (TPSA) is 33.2 Å². The number of carbonyl (C=O) groups is 1. The minimum atomic E-state index is 0.0636. The number of carbonyl (C=O) groups excluding carboxylic acids is 1. The molecule has 3 rings (SSSR count). The van der Waals surface area contributed by atoms with Crippen LogP contribution in [0.1, 0.15) is 34.0 Å². The Balaban J connectivity index is 1.83. The van der Waals surface area contributed by atoms with Gasteiger partial charge in [0.25, 0.3) is 0 Å². The van der Waals surface area contributed by atoms with Gasteiger partial charge in [0.05, 0.1) is 6.54 Å². The molecule has 3 nitrogen and oxygen atoms in total. The first kappa shape index (κ1) is 17.4. The fourth-order valence-corrected chi connectivity index (χ4v) is 3.69. The van der Waals surface area contributed by atoms with Gasteiger partial charge in [-0.3, -0.25) is 4.79 Å². The van der Waals surface area contributed by atoms with Gasteiger partial charge in [0.1, 0.15) is 5.01 Å². The maximum Gasteiger partial charge on any atom is 0.223 e. The monoisotopic (exact) mass is 350 g/mol. The third kappa shape index (κ3) is 4.34. The lowest BCUT2D eigenvalue weighted by Gasteiger charge is -2.23. The van der Waals surface area contributed by atoms with Crippen molar-refractivity contribution in [3.8, 4) is 0 Å². The molecule has 0 saturated heterocycles. The largest absolute Gasteiger partial charge is 0.339 e. The van der Waals surface area contributed by atoms with Crippen LogP contribution in [0.25, 0.3) is 0 Å². The van der Waals surface area contributed by atoms with Crippen LogP contribution in [0.3, 0.4) is 0 Å². The van der Waals surface area contributed by atoms with Crippen LogP contribution >= 0.6 is 11.3 Å². The van der Waals surface area contributed by atoms with Gasteiger partial charge in [0, 0.05) is 31.0 Å². The van der Waals surface area contributed by atoms with E-state index in [1.54, 1.807) is 22.4 Å². The third-order valence-corrected chi connectivity index (χ3v) is 5.19. The average Bonchev–Trinajstić information content (AvgIpc) is 3.14. The first-order valence-corrected chi connectivity index (χ1v) is 9.26. The second-order valence-corrected chi connectivity index (χ2v) is 7.18. The van der Waals surface area contributed by atoms with Crippen LogP contribution in [0.15, 0.2) is 66.2 Å². The molecule has 3 aromatic rings. The van der Waals surface area contributed by atoms with Gasteiger partial charge in [-0.1, -0.05) is 54.6 Å². The zero-order valence-corrected chi connectivity index (χ0v) is 15.4. The number of rotatable bonds is 6. The predicted octanol–water partition coefficient (Wildman–Crippen LogP) is 4.63. The van der Waals surface area contributed by atoms with Gasteiger partial charge in [-0.25, -0.2) is 4.98 Å². The second kappa shape index (κ2) is 8.08. The summed E-state index contributed by atoms with van der Waals surface area (Å²) in [5, 5.41) is 2.90. The zero-order chi connectivity index (χ0) is 17.6. The van der Waals surface area contributed by atoms with E-state index in [2.05, 4.69) is 36.2 Å². The molecule has 0 aliphatic carbocycles. The number of hydrogen-bond acceptors (Lipinski definition) is 3. The van der Waals surface area contributed by atoms with Gasteiger partial charge in [0.2, 0.25) is 5.91 Å². The SMILES string of the molecule is Cc1ccccc1[C@@H](CC(=O)N(C)Cc1nccs1)c1ccccc1. The number of nitrogens with zero attached hydrogens (tertiary/aromatic N) is 2. The van der Waals surface area contributed by atoms with E-state index < -0.39 is 0 Å². The van der Waals surface area contributed by atoms with Crippen molar-refractivity contribution in [2.24, 2.45) is 0 Å². The Kier molecular flexibility index (Phi) is 5.61. The van der Waals surface area contributed by atoms with E-state index in [0.717, 1.165) is 5.01 Å². The number of thiazole rings is 1. The summed E-state index contributed by atoms with van der Waals surface area (Å²) in [6, 6.07) is 18.6. The summed E-state index contributed by atoms with van der Waals surface area (Å²) < 4.78 is 0. The molecule has 0 bridgehead atoms. The summed E-state index contributed by atoms with van der Waals surface area (Å²) >= 11 is 1.58. The number of benzene rings is 2. The maximum absolute atomic E-state index is 12.8. The molecule has 0 aliphatic rings. The van der Waals surface area contributed by atoms with Gasteiger partial charge in [-0.2, -0.15) is 0 Å². The van der Waals surface area contributed by atoms with Crippen molar-refractivity contribution >= 4 is 17.2 Å². The highest BCUT2D eigenvalue weighted by Gasteiger charge is 2.22. The normalized spacial score (nSPS) is 11.9. The van der Waals surface area contributed by atoms with E-state index in [4.69, 9.17) is 0 Å². The molecular formula is C21H22N2OS. The van der Waals surface area contributed by atoms with Crippen LogP contribution in [-0.2, 0) is 11.3 Å². The Morgan fingerprint density at radius 3 is 2.52 bits per heavy atom. The highest BCUT2D eigenvalue weighted by molar-refractivity contribution is 7.09. The van der Waals surface area contributed by atoms with Crippen molar-refractivity contribution in [1.82, 2.24) is 9.88 Å². The Labute approximate surface area is 153 Å². The van der Waals surface area contributed by atoms with E-state index in [9.17, 15) is 4.79 Å². The third-order valence-electron chi connectivity index (χ3n) is 4.43. The Morgan fingerprint density at radius 1 is 1.12 bits per heavy atom. The Hall–Kier alpha value is -2.46. The number of aryl methyl sites for hydroxylation is 1. The molecule has 0 aliphatic heterocycles. The number of hydrogen-bond donors (Lipinski definition) is 0. The van der Waals surface area contributed by atoms with E-state index in [1.165, 1.54) is 16.7 Å². The van der Waals surface area contributed by atoms with Crippen LogP contribution < -0.4 is 0 Å². The summed E-state index contributed by atoms with van der Waals surface area (Å²) in [7, 11) is 1.85. The quantitative estimate of drug-likeness (QED) is 0.649. The Morgan fingerprint density at radius 2 is 1.84 bits per heavy atom. The first-order valence-electron chi connectivity index (χ1n) is 8.38. The molecule has 0 unspecified atom stereocenters. The van der Waals surface area contributed by atoms with E-state index in [1.807, 2.05) is 42.8 Å². The standard InChI is InChI=1S/C21H22N2OS/c1-16-8-6-7-11-18(16)19(17-9-4-3-5-10-17)14-21(24)23(2)15-20-22-12-13-25-20/h3-13,19H,14-15H2,1-2H3/t19-/m0/s1. The molecule has 0 N–H and O–H groups in total. The molecular weight excluding hydrogens is 328 g/mol. The molecule has 0 saturated carbocycles. The lowest BCUT2D eigenvalue weighted by Crippen LogP contribution is -2.28. The molecule has 0 radical (unpaired) electrons. The van der Waals surface area contributed by atoms with Gasteiger partial charge >= 0.3 is 0 Å². The summed E-state index contributed by atoms with van der Waals surface area (Å²) in [6.07, 6.45) is 2.23. The van der Waals surface area contributed by atoms with Crippen LogP contribution in [0, 0.1) is 6.92 Å². The van der Waals surface area contributed by atoms with Crippen LogP contribution in [0.2, 0.25) is 0 Å². The first-order chi connectivity index (χ1) is 12.1. The van der Waals surface area contributed by atoms with Crippen molar-refractivity contribution in [1.29, 1.82) is 0 Å². The molecule has 0 fully saturated rings. The lowest BCUT2D eigenvalue weighted by atomic mass is 9.86. The highest BCUT2D eigenvalue weighted by Crippen LogP contribution is 2.31. The molecule has 1 heterocycles. The van der Waals surface area contributed by atoms with Crippen molar-refractivity contribution < 1.29 is 4.79 Å². The predicted molar refractivity (Wildman–Crippen MR) is 103 cm³/mol. The van der Waals surface area contributed by atoms with Crippen molar-refractivity contribution in [2.45, 2.75) is 25.8 Å². The number of amides is 1. The molecule has 1 atom stereocenters. The van der Waals surface area contributed by atoms with Crippen molar-refractivity contribution in [3.05, 3.63) is 87.9 Å². The van der Waals surface area contributed by atoms with E-state index in [-0.39, 0.29) is 11.8 Å². The molecule has 128 valence electrons. The highest BCUT2D eigenvalue weighted by atomic mass is 32.1. The molecule has 4 heteroatoms. The number of aromatic nitrogens is 1. The zero-order valence-electron chi connectivity index (χ0n) is 14.6. The molecule has 2 aromatic carbocycles. The maximum atomic E-state index is 12.8. The summed E-state index contributed by atoms with van der Waals surface area (Å²) in [5.41, 5.74) is 3.60. The molecule has 0 spiro atoms. The fourth-order valence-electron chi connectivity index (χ4n) is 3.02. The molecule has 25 heavy (non-hydrogen) atoms. The average molecular weight is 350 g/mol. The van der Waals surface area contributed by atoms with Gasteiger partial charge in [0.15, 0.2) is 0 Å². The summed E-state index contributed by atoms with van der Waals surface area (Å²) in [4.78, 5) is 18.9. The lowest BCUT2D eigenvalue weighted by molar-refractivity contribution is -0.130. The summed E-state index contributed by atoms with van der Waals surface area (Å²) in [6.45, 7) is 2.67. The minimum absolute atomic E-state index is 0.0636. The molecule has 1 aromatic heterocycles. The molecule has 1 amide bonds.